The molecule has 9 nitrogen and oxygen atoms in total. The van der Waals surface area contributed by atoms with Gasteiger partial charge in [0.2, 0.25) is 5.91 Å². The van der Waals surface area contributed by atoms with Gasteiger partial charge in [-0.2, -0.15) is 0 Å². The van der Waals surface area contributed by atoms with Gasteiger partial charge in [0.1, 0.15) is 13.2 Å². The highest BCUT2D eigenvalue weighted by Crippen LogP contribution is 2.24. The number of urea groups is 1. The molecule has 0 bridgehead atoms. The number of benzene rings is 1. The Morgan fingerprint density at radius 3 is 2.60 bits per heavy atom. The Morgan fingerprint density at radius 1 is 1.20 bits per heavy atom. The van der Waals surface area contributed by atoms with Crippen LogP contribution in [-0.2, 0) is 25.7 Å². The maximum Gasteiger partial charge on any atom is 0.340 e. The Labute approximate surface area is 173 Å². The van der Waals surface area contributed by atoms with E-state index in [4.69, 9.17) is 9.47 Å². The molecule has 1 aromatic heterocycles. The van der Waals surface area contributed by atoms with Crippen molar-refractivity contribution in [1.29, 1.82) is 0 Å². The Morgan fingerprint density at radius 2 is 1.93 bits per heavy atom. The molecule has 1 aliphatic rings. The molecular weight excluding hydrogens is 390 g/mol. The van der Waals surface area contributed by atoms with Crippen molar-refractivity contribution in [3.8, 4) is 0 Å². The molecular formula is C21H23N3O6. The predicted molar refractivity (Wildman–Crippen MR) is 107 cm³/mol. The lowest BCUT2D eigenvalue weighted by Crippen LogP contribution is -2.32. The first-order valence-electron chi connectivity index (χ1n) is 9.51. The molecule has 0 saturated carbocycles. The van der Waals surface area contributed by atoms with Crippen LogP contribution in [-0.4, -0.2) is 65.9 Å². The molecule has 1 fully saturated rings. The minimum atomic E-state index is -0.549. The minimum absolute atomic E-state index is 0.0287. The molecule has 3 rings (SSSR count). The Hall–Kier alpha value is -3.49. The van der Waals surface area contributed by atoms with Gasteiger partial charge in [-0.1, -0.05) is 18.2 Å². The van der Waals surface area contributed by atoms with Crippen molar-refractivity contribution in [2.24, 2.45) is 0 Å². The van der Waals surface area contributed by atoms with Crippen LogP contribution in [0, 0.1) is 6.92 Å². The summed E-state index contributed by atoms with van der Waals surface area (Å²) in [5.41, 5.74) is 1.98. The van der Waals surface area contributed by atoms with E-state index in [0.29, 0.717) is 16.8 Å². The first kappa shape index (κ1) is 21.2. The summed E-state index contributed by atoms with van der Waals surface area (Å²) in [6.45, 7) is 1.81. The number of rotatable bonds is 7. The second-order valence-corrected chi connectivity index (χ2v) is 7.02. The highest BCUT2D eigenvalue weighted by atomic mass is 16.5. The third-order valence-electron chi connectivity index (χ3n) is 4.98. The summed E-state index contributed by atoms with van der Waals surface area (Å²) in [4.78, 5) is 54.9. The van der Waals surface area contributed by atoms with Crippen molar-refractivity contribution >= 4 is 34.8 Å². The number of hydrogen-bond acceptors (Lipinski definition) is 7. The van der Waals surface area contributed by atoms with Gasteiger partial charge >= 0.3 is 18.0 Å². The molecule has 1 saturated heterocycles. The Kier molecular flexibility index (Phi) is 6.29. The standard InChI is InChI=1S/C21H23N3O6/c1-13-14-7-4-5-8-15(14)22-16(19(13)20(27)29-3)12-30-18(26)9-6-10-24-17(25)11-23(2)21(24)28/h4-5,7-8H,6,9-12H2,1-3H3. The number of ether oxygens (including phenoxy) is 2. The zero-order valence-electron chi connectivity index (χ0n) is 17.1. The van der Waals surface area contributed by atoms with Crippen molar-refractivity contribution in [2.45, 2.75) is 26.4 Å². The Balaban J connectivity index is 1.65. The number of fused-ring (bicyclic) bond motifs is 1. The van der Waals surface area contributed by atoms with Gasteiger partial charge in [0.15, 0.2) is 0 Å². The molecule has 0 unspecified atom stereocenters. The molecule has 0 N–H and O–H groups in total. The molecule has 1 aromatic carbocycles. The maximum absolute atomic E-state index is 12.3. The van der Waals surface area contributed by atoms with Crippen LogP contribution < -0.4 is 0 Å². The predicted octanol–water partition coefficient (Wildman–Crippen LogP) is 2.05. The first-order chi connectivity index (χ1) is 14.3. The lowest BCUT2D eigenvalue weighted by atomic mass is 10.0. The van der Waals surface area contributed by atoms with Gasteiger partial charge in [0, 0.05) is 25.4 Å². The quantitative estimate of drug-likeness (QED) is 0.505. The van der Waals surface area contributed by atoms with E-state index in [1.807, 2.05) is 24.3 Å². The van der Waals surface area contributed by atoms with Crippen molar-refractivity contribution in [3.05, 3.63) is 41.1 Å². The fourth-order valence-corrected chi connectivity index (χ4v) is 3.41. The number of para-hydroxylation sites is 1. The molecule has 0 spiro atoms. The zero-order chi connectivity index (χ0) is 21.8. The monoisotopic (exact) mass is 413 g/mol. The molecule has 2 heterocycles. The van der Waals surface area contributed by atoms with Crippen molar-refractivity contribution < 1.29 is 28.7 Å². The normalized spacial score (nSPS) is 13.8. The molecule has 158 valence electrons. The van der Waals surface area contributed by atoms with E-state index in [1.54, 1.807) is 14.0 Å². The second-order valence-electron chi connectivity index (χ2n) is 7.02. The molecule has 2 aromatic rings. The number of hydrogen-bond donors (Lipinski definition) is 0. The van der Waals surface area contributed by atoms with Gasteiger partial charge < -0.3 is 14.4 Å². The van der Waals surface area contributed by atoms with Gasteiger partial charge in [-0.3, -0.25) is 14.5 Å². The summed E-state index contributed by atoms with van der Waals surface area (Å²) in [6.07, 6.45) is 0.319. The number of imide groups is 1. The van der Waals surface area contributed by atoms with Crippen LogP contribution in [0.5, 0.6) is 0 Å². The van der Waals surface area contributed by atoms with E-state index >= 15 is 0 Å². The SMILES string of the molecule is COC(=O)c1c(COC(=O)CCCN2C(=O)CN(C)C2=O)nc2ccccc2c1C. The Bertz CT molecular complexity index is 1020. The minimum Gasteiger partial charge on any atom is -0.465 e. The number of aromatic nitrogens is 1. The van der Waals surface area contributed by atoms with Crippen LogP contribution in [0.1, 0.15) is 34.5 Å². The second kappa shape index (κ2) is 8.89. The number of esters is 2. The first-order valence-corrected chi connectivity index (χ1v) is 9.51. The number of amides is 3. The summed E-state index contributed by atoms with van der Waals surface area (Å²) in [6, 6.07) is 6.99. The van der Waals surface area contributed by atoms with Crippen LogP contribution >= 0.6 is 0 Å². The molecule has 9 heteroatoms. The topological polar surface area (TPSA) is 106 Å². The van der Waals surface area contributed by atoms with Gasteiger partial charge in [0.05, 0.1) is 23.9 Å². The average Bonchev–Trinajstić information content (AvgIpc) is 2.97. The summed E-state index contributed by atoms with van der Waals surface area (Å²) in [7, 11) is 2.83. The number of carbonyl (C=O) groups is 4. The average molecular weight is 413 g/mol. The van der Waals surface area contributed by atoms with Gasteiger partial charge in [-0.05, 0) is 25.0 Å². The molecule has 3 amide bonds. The zero-order valence-corrected chi connectivity index (χ0v) is 17.1. The highest BCUT2D eigenvalue weighted by Gasteiger charge is 2.33. The third-order valence-corrected chi connectivity index (χ3v) is 4.98. The number of nitrogens with zero attached hydrogens (tertiary/aromatic N) is 3. The maximum atomic E-state index is 12.3. The third kappa shape index (κ3) is 4.24. The van der Waals surface area contributed by atoms with E-state index in [2.05, 4.69) is 4.98 Å². The lowest BCUT2D eigenvalue weighted by molar-refractivity contribution is -0.145. The van der Waals surface area contributed by atoms with Gasteiger partial charge in [0.25, 0.3) is 0 Å². The smallest absolute Gasteiger partial charge is 0.340 e. The summed E-state index contributed by atoms with van der Waals surface area (Å²) >= 11 is 0. The molecule has 0 aliphatic carbocycles. The summed E-state index contributed by atoms with van der Waals surface area (Å²) < 4.78 is 10.2. The van der Waals surface area contributed by atoms with E-state index in [0.717, 1.165) is 10.3 Å². The van der Waals surface area contributed by atoms with Crippen LogP contribution in [0.15, 0.2) is 24.3 Å². The molecule has 1 aliphatic heterocycles. The van der Waals surface area contributed by atoms with E-state index in [9.17, 15) is 19.2 Å². The van der Waals surface area contributed by atoms with E-state index in [-0.39, 0.29) is 50.0 Å². The largest absolute Gasteiger partial charge is 0.465 e. The lowest BCUT2D eigenvalue weighted by Gasteiger charge is -2.14. The fourth-order valence-electron chi connectivity index (χ4n) is 3.41. The number of aryl methyl sites for hydroxylation is 1. The number of methoxy groups -OCH3 is 1. The fraction of sp³-hybridized carbons (Fsp3) is 0.381. The molecule has 0 radical (unpaired) electrons. The van der Waals surface area contributed by atoms with E-state index in [1.165, 1.54) is 12.0 Å². The van der Waals surface area contributed by atoms with Gasteiger partial charge in [-0.25, -0.2) is 14.6 Å². The summed E-state index contributed by atoms with van der Waals surface area (Å²) in [5.74, 6) is -1.34. The molecule has 30 heavy (non-hydrogen) atoms. The van der Waals surface area contributed by atoms with Gasteiger partial charge in [-0.15, -0.1) is 0 Å². The number of carbonyl (C=O) groups excluding carboxylic acids is 4. The van der Waals surface area contributed by atoms with Crippen LogP contribution in [0.4, 0.5) is 4.79 Å². The van der Waals surface area contributed by atoms with Crippen LogP contribution in [0.25, 0.3) is 10.9 Å². The van der Waals surface area contributed by atoms with Crippen LogP contribution in [0.3, 0.4) is 0 Å². The van der Waals surface area contributed by atoms with Crippen LogP contribution in [0.2, 0.25) is 0 Å². The summed E-state index contributed by atoms with van der Waals surface area (Å²) in [5, 5.41) is 0.817. The molecule has 0 atom stereocenters. The number of pyridine rings is 1. The van der Waals surface area contributed by atoms with E-state index < -0.39 is 11.9 Å². The van der Waals surface area contributed by atoms with Crippen molar-refractivity contribution in [3.63, 3.8) is 0 Å². The number of likely N-dealkylation sites (N-methyl/N-ethyl adjacent to an activating group) is 1. The van der Waals surface area contributed by atoms with Crippen molar-refractivity contribution in [1.82, 2.24) is 14.8 Å². The van der Waals surface area contributed by atoms with Crippen molar-refractivity contribution in [2.75, 3.05) is 27.2 Å². The highest BCUT2D eigenvalue weighted by molar-refractivity contribution is 6.01.